The van der Waals surface area contributed by atoms with Gasteiger partial charge in [0.05, 0.1) is 16.7 Å². The van der Waals surface area contributed by atoms with Gasteiger partial charge in [0.25, 0.3) is 0 Å². The van der Waals surface area contributed by atoms with Crippen LogP contribution in [-0.2, 0) is 5.75 Å². The third kappa shape index (κ3) is 3.36. The smallest absolute Gasteiger partial charge is 0.387 e. The van der Waals surface area contributed by atoms with Crippen LogP contribution in [0.25, 0.3) is 11.0 Å². The van der Waals surface area contributed by atoms with Crippen LogP contribution in [0.2, 0.25) is 0 Å². The Morgan fingerprint density at radius 1 is 1.32 bits per heavy atom. The number of nitrogens with one attached hydrogen (secondary N) is 1. The van der Waals surface area contributed by atoms with Crippen molar-refractivity contribution in [3.63, 3.8) is 0 Å². The number of halogens is 2. The van der Waals surface area contributed by atoms with E-state index in [0.717, 1.165) is 16.8 Å². The average Bonchev–Trinajstić information content (AvgIpc) is 2.88. The van der Waals surface area contributed by atoms with Crippen molar-refractivity contribution in [3.05, 3.63) is 47.8 Å². The molecule has 0 aliphatic carbocycles. The molecule has 0 saturated heterocycles. The molecule has 1 aromatic carbocycles. The first kappa shape index (κ1) is 14.8. The summed E-state index contributed by atoms with van der Waals surface area (Å²) in [5, 5.41) is 0.717. The number of thioether (sulfide) groups is 1. The third-order valence-electron chi connectivity index (χ3n) is 3.12. The first-order valence-electron chi connectivity index (χ1n) is 6.60. The zero-order valence-corrected chi connectivity index (χ0v) is 12.5. The number of fused-ring (bicyclic) bond motifs is 1. The fraction of sp³-hybridized carbons (Fsp3) is 0.200. The Morgan fingerprint density at radius 3 is 2.95 bits per heavy atom. The number of nitrogens with zero attached hydrogens (tertiary/aromatic N) is 2. The molecule has 22 heavy (non-hydrogen) atoms. The van der Waals surface area contributed by atoms with Gasteiger partial charge >= 0.3 is 6.61 Å². The first-order chi connectivity index (χ1) is 10.6. The molecule has 2 heterocycles. The first-order valence-corrected chi connectivity index (χ1v) is 7.58. The van der Waals surface area contributed by atoms with Crippen molar-refractivity contribution in [3.8, 4) is 5.75 Å². The van der Waals surface area contributed by atoms with Crippen LogP contribution < -0.4 is 4.74 Å². The number of aryl methyl sites for hydroxylation is 1. The summed E-state index contributed by atoms with van der Waals surface area (Å²) in [7, 11) is 0. The summed E-state index contributed by atoms with van der Waals surface area (Å²) in [6, 6.07) is 8.57. The van der Waals surface area contributed by atoms with Gasteiger partial charge in [-0.1, -0.05) is 17.8 Å². The van der Waals surface area contributed by atoms with Crippen LogP contribution in [0.5, 0.6) is 5.75 Å². The highest BCUT2D eigenvalue weighted by Crippen LogP contribution is 2.26. The van der Waals surface area contributed by atoms with Gasteiger partial charge in [-0.2, -0.15) is 8.78 Å². The van der Waals surface area contributed by atoms with Gasteiger partial charge in [0, 0.05) is 18.0 Å². The molecule has 2 aromatic heterocycles. The van der Waals surface area contributed by atoms with E-state index in [1.165, 1.54) is 23.9 Å². The number of rotatable bonds is 5. The van der Waals surface area contributed by atoms with Crippen LogP contribution in [0.3, 0.4) is 0 Å². The summed E-state index contributed by atoms with van der Waals surface area (Å²) in [6.07, 6.45) is 1.76. The Morgan fingerprint density at radius 2 is 2.18 bits per heavy atom. The highest BCUT2D eigenvalue weighted by molar-refractivity contribution is 7.98. The average molecular weight is 321 g/mol. The number of aromatic nitrogens is 3. The van der Waals surface area contributed by atoms with Gasteiger partial charge in [-0.15, -0.1) is 0 Å². The number of aromatic amines is 1. The van der Waals surface area contributed by atoms with E-state index in [9.17, 15) is 8.78 Å². The highest BCUT2D eigenvalue weighted by atomic mass is 32.2. The zero-order chi connectivity index (χ0) is 15.5. The van der Waals surface area contributed by atoms with Gasteiger partial charge in [-0.25, -0.2) is 4.98 Å². The fourth-order valence-corrected chi connectivity index (χ4v) is 2.93. The molecule has 7 heteroatoms. The van der Waals surface area contributed by atoms with Crippen LogP contribution >= 0.6 is 11.8 Å². The molecule has 3 rings (SSSR count). The second-order valence-electron chi connectivity index (χ2n) is 4.66. The van der Waals surface area contributed by atoms with E-state index in [-0.39, 0.29) is 5.75 Å². The summed E-state index contributed by atoms with van der Waals surface area (Å²) in [4.78, 5) is 11.9. The summed E-state index contributed by atoms with van der Waals surface area (Å²) in [5.41, 5.74) is 3.49. The standard InChI is InChI=1S/C15H13F2N3OS/c1-9-3-2-6-18-13(9)8-22-15-19-11-5-4-10(21-14(16)17)7-12(11)20-15/h2-7,14H,8H2,1H3,(H,19,20). The maximum Gasteiger partial charge on any atom is 0.387 e. The van der Waals surface area contributed by atoms with E-state index in [2.05, 4.69) is 19.7 Å². The van der Waals surface area contributed by atoms with Crippen molar-refractivity contribution in [2.24, 2.45) is 0 Å². The maximum absolute atomic E-state index is 12.2. The van der Waals surface area contributed by atoms with E-state index in [1.807, 2.05) is 19.1 Å². The predicted molar refractivity (Wildman–Crippen MR) is 81.3 cm³/mol. The number of imidazole rings is 1. The van der Waals surface area contributed by atoms with Crippen molar-refractivity contribution < 1.29 is 13.5 Å². The van der Waals surface area contributed by atoms with E-state index >= 15 is 0 Å². The Kier molecular flexibility index (Phi) is 4.24. The van der Waals surface area contributed by atoms with E-state index in [0.29, 0.717) is 16.4 Å². The molecule has 4 nitrogen and oxygen atoms in total. The molecule has 3 aromatic rings. The molecule has 0 spiro atoms. The van der Waals surface area contributed by atoms with Crippen LogP contribution in [0, 0.1) is 6.92 Å². The lowest BCUT2D eigenvalue weighted by molar-refractivity contribution is -0.0497. The van der Waals surface area contributed by atoms with Gasteiger partial charge in [0.1, 0.15) is 5.75 Å². The Bertz CT molecular complexity index is 791. The molecule has 1 N–H and O–H groups in total. The number of pyridine rings is 1. The largest absolute Gasteiger partial charge is 0.435 e. The molecule has 114 valence electrons. The maximum atomic E-state index is 12.2. The summed E-state index contributed by atoms with van der Waals surface area (Å²) >= 11 is 1.52. The normalized spacial score (nSPS) is 11.3. The van der Waals surface area contributed by atoms with Crippen molar-refractivity contribution >= 4 is 22.8 Å². The van der Waals surface area contributed by atoms with E-state index in [4.69, 9.17) is 0 Å². The molecule has 0 atom stereocenters. The molecule has 0 aliphatic rings. The Hall–Kier alpha value is -2.15. The van der Waals surface area contributed by atoms with Crippen LogP contribution in [0.15, 0.2) is 41.7 Å². The monoisotopic (exact) mass is 321 g/mol. The Balaban J connectivity index is 1.76. The number of hydrogen-bond acceptors (Lipinski definition) is 4. The Labute approximate surface area is 129 Å². The van der Waals surface area contributed by atoms with Crippen molar-refractivity contribution in [2.45, 2.75) is 24.4 Å². The minimum absolute atomic E-state index is 0.103. The second kappa shape index (κ2) is 6.31. The minimum Gasteiger partial charge on any atom is -0.435 e. The van der Waals surface area contributed by atoms with Crippen molar-refractivity contribution in [2.75, 3.05) is 0 Å². The molecule has 0 saturated carbocycles. The number of H-pyrrole nitrogens is 1. The van der Waals surface area contributed by atoms with Gasteiger partial charge in [-0.05, 0) is 30.7 Å². The molecular formula is C15H13F2N3OS. The lowest BCUT2D eigenvalue weighted by Crippen LogP contribution is -2.01. The van der Waals surface area contributed by atoms with Gasteiger partial charge in [-0.3, -0.25) is 4.98 Å². The quantitative estimate of drug-likeness (QED) is 0.717. The van der Waals surface area contributed by atoms with E-state index < -0.39 is 6.61 Å². The SMILES string of the molecule is Cc1cccnc1CSc1nc2cc(OC(F)F)ccc2[nH]1. The topological polar surface area (TPSA) is 50.8 Å². The van der Waals surface area contributed by atoms with Gasteiger partial charge in [0.2, 0.25) is 0 Å². The second-order valence-corrected chi connectivity index (χ2v) is 5.62. The predicted octanol–water partition coefficient (Wildman–Crippen LogP) is 4.16. The number of benzene rings is 1. The molecule has 0 radical (unpaired) electrons. The molecule has 0 bridgehead atoms. The zero-order valence-electron chi connectivity index (χ0n) is 11.7. The number of alkyl halides is 2. The number of hydrogen-bond donors (Lipinski definition) is 1. The van der Waals surface area contributed by atoms with Crippen molar-refractivity contribution in [1.82, 2.24) is 15.0 Å². The summed E-state index contributed by atoms with van der Waals surface area (Å²) in [5.74, 6) is 0.790. The molecule has 0 unspecified atom stereocenters. The van der Waals surface area contributed by atoms with Crippen LogP contribution in [-0.4, -0.2) is 21.6 Å². The molecule has 0 amide bonds. The van der Waals surface area contributed by atoms with Crippen molar-refractivity contribution in [1.29, 1.82) is 0 Å². The van der Waals surface area contributed by atoms with E-state index in [1.54, 1.807) is 12.3 Å². The summed E-state index contributed by atoms with van der Waals surface area (Å²) in [6.45, 7) is -0.826. The lowest BCUT2D eigenvalue weighted by Gasteiger charge is -2.02. The lowest BCUT2D eigenvalue weighted by atomic mass is 10.2. The van der Waals surface area contributed by atoms with Gasteiger partial charge in [0.15, 0.2) is 5.16 Å². The summed E-state index contributed by atoms with van der Waals surface area (Å²) < 4.78 is 28.8. The third-order valence-corrected chi connectivity index (χ3v) is 4.01. The fourth-order valence-electron chi connectivity index (χ4n) is 2.01. The van der Waals surface area contributed by atoms with Crippen LogP contribution in [0.4, 0.5) is 8.78 Å². The molecular weight excluding hydrogens is 308 g/mol. The number of ether oxygens (including phenoxy) is 1. The highest BCUT2D eigenvalue weighted by Gasteiger charge is 2.09. The molecule has 0 fully saturated rings. The van der Waals surface area contributed by atoms with Crippen LogP contribution in [0.1, 0.15) is 11.3 Å². The minimum atomic E-state index is -2.84. The van der Waals surface area contributed by atoms with Gasteiger partial charge < -0.3 is 9.72 Å². The molecule has 0 aliphatic heterocycles.